The summed E-state index contributed by atoms with van der Waals surface area (Å²) in [5, 5.41) is 3.30. The Labute approximate surface area is 147 Å². The molecule has 0 radical (unpaired) electrons. The number of nitrogens with zero attached hydrogens (tertiary/aromatic N) is 3. The zero-order chi connectivity index (χ0) is 16.4. The molecule has 0 aliphatic heterocycles. The molecule has 1 aromatic carbocycles. The average Bonchev–Trinajstić information content (AvgIpc) is 3.15. The van der Waals surface area contributed by atoms with Crippen LogP contribution in [0.2, 0.25) is 5.02 Å². The first-order chi connectivity index (χ1) is 11.0. The van der Waals surface area contributed by atoms with Crippen molar-refractivity contribution in [2.45, 2.75) is 0 Å². The Bertz CT molecular complexity index is 814. The van der Waals surface area contributed by atoms with Gasteiger partial charge in [-0.2, -0.15) is 0 Å². The number of carbonyl (C=O) groups is 1. The number of rotatable bonds is 5. The summed E-state index contributed by atoms with van der Waals surface area (Å²) in [7, 11) is 3.98. The summed E-state index contributed by atoms with van der Waals surface area (Å²) in [5.74, 6) is -0.00740. The minimum Gasteiger partial charge on any atom is -0.308 e. The molecule has 3 aromatic rings. The number of likely N-dealkylation sites (N-methyl/N-ethyl adjacent to an activating group) is 1. The molecule has 0 spiro atoms. The van der Waals surface area contributed by atoms with E-state index in [-0.39, 0.29) is 5.91 Å². The minimum absolute atomic E-state index is 0.00740. The number of thiazole rings is 1. The lowest BCUT2D eigenvalue weighted by molar-refractivity contribution is 0.0989. The third-order valence-electron chi connectivity index (χ3n) is 3.32. The van der Waals surface area contributed by atoms with E-state index >= 15 is 0 Å². The molecule has 4 nitrogen and oxygen atoms in total. The van der Waals surface area contributed by atoms with Crippen LogP contribution in [0.5, 0.6) is 0 Å². The largest absolute Gasteiger partial charge is 0.308 e. The van der Waals surface area contributed by atoms with E-state index in [0.29, 0.717) is 16.7 Å². The van der Waals surface area contributed by atoms with Gasteiger partial charge in [0.2, 0.25) is 0 Å². The van der Waals surface area contributed by atoms with Crippen molar-refractivity contribution < 1.29 is 4.79 Å². The molecular formula is C16H16ClN3OS2. The number of aromatic nitrogens is 1. The summed E-state index contributed by atoms with van der Waals surface area (Å²) < 4.78 is 0.987. The van der Waals surface area contributed by atoms with E-state index in [9.17, 15) is 4.79 Å². The molecule has 0 aliphatic rings. The van der Waals surface area contributed by atoms with Crippen LogP contribution in [0.3, 0.4) is 0 Å². The Balaban J connectivity index is 1.96. The number of benzene rings is 1. The molecule has 0 unspecified atom stereocenters. The van der Waals surface area contributed by atoms with Crippen LogP contribution < -0.4 is 4.90 Å². The predicted molar refractivity (Wildman–Crippen MR) is 99.2 cm³/mol. The normalized spacial score (nSPS) is 11.3. The molecule has 0 fully saturated rings. The zero-order valence-electron chi connectivity index (χ0n) is 12.8. The molecule has 0 bridgehead atoms. The average molecular weight is 366 g/mol. The Morgan fingerprint density at radius 2 is 2.09 bits per heavy atom. The second-order valence-electron chi connectivity index (χ2n) is 5.35. The molecule has 2 aromatic heterocycles. The zero-order valence-corrected chi connectivity index (χ0v) is 15.2. The summed E-state index contributed by atoms with van der Waals surface area (Å²) >= 11 is 8.99. The first kappa shape index (κ1) is 16.4. The van der Waals surface area contributed by atoms with Crippen LogP contribution >= 0.6 is 34.3 Å². The van der Waals surface area contributed by atoms with Gasteiger partial charge in [0.1, 0.15) is 0 Å². The molecule has 120 valence electrons. The van der Waals surface area contributed by atoms with Crippen molar-refractivity contribution >= 4 is 55.5 Å². The maximum atomic E-state index is 12.8. The van der Waals surface area contributed by atoms with Crippen LogP contribution in [0.25, 0.3) is 10.2 Å². The third kappa shape index (κ3) is 3.72. The van der Waals surface area contributed by atoms with E-state index in [1.165, 1.54) is 22.7 Å². The summed E-state index contributed by atoms with van der Waals surface area (Å²) in [6, 6.07) is 9.33. The van der Waals surface area contributed by atoms with Crippen LogP contribution in [-0.4, -0.2) is 43.0 Å². The second-order valence-corrected chi connectivity index (χ2v) is 7.74. The Morgan fingerprint density at radius 3 is 2.78 bits per heavy atom. The fourth-order valence-electron chi connectivity index (χ4n) is 2.12. The summed E-state index contributed by atoms with van der Waals surface area (Å²) in [6.07, 6.45) is 0. The molecule has 2 heterocycles. The number of fused-ring (bicyclic) bond motifs is 1. The molecule has 0 aliphatic carbocycles. The van der Waals surface area contributed by atoms with Gasteiger partial charge in [-0.05, 0) is 43.7 Å². The van der Waals surface area contributed by atoms with Gasteiger partial charge in [0.05, 0.1) is 15.1 Å². The fourth-order valence-corrected chi connectivity index (χ4v) is 4.06. The smallest absolute Gasteiger partial charge is 0.270 e. The molecular weight excluding hydrogens is 350 g/mol. The van der Waals surface area contributed by atoms with Crippen molar-refractivity contribution in [3.8, 4) is 0 Å². The lowest BCUT2D eigenvalue weighted by atomic mass is 10.3. The van der Waals surface area contributed by atoms with Crippen molar-refractivity contribution in [2.75, 3.05) is 32.1 Å². The van der Waals surface area contributed by atoms with E-state index in [4.69, 9.17) is 11.6 Å². The van der Waals surface area contributed by atoms with Crippen LogP contribution in [0, 0.1) is 0 Å². The number of amides is 1. The Morgan fingerprint density at radius 1 is 1.26 bits per heavy atom. The highest BCUT2D eigenvalue weighted by atomic mass is 35.5. The summed E-state index contributed by atoms with van der Waals surface area (Å²) in [5.41, 5.74) is 0.864. The summed E-state index contributed by atoms with van der Waals surface area (Å²) in [4.78, 5) is 22.0. The molecule has 7 heteroatoms. The van der Waals surface area contributed by atoms with E-state index < -0.39 is 0 Å². The minimum atomic E-state index is -0.00740. The van der Waals surface area contributed by atoms with Crippen molar-refractivity contribution in [1.29, 1.82) is 0 Å². The second kappa shape index (κ2) is 6.97. The van der Waals surface area contributed by atoms with Gasteiger partial charge in [-0.3, -0.25) is 9.69 Å². The maximum Gasteiger partial charge on any atom is 0.270 e. The Hall–Kier alpha value is -1.47. The van der Waals surface area contributed by atoms with Crippen molar-refractivity contribution in [2.24, 2.45) is 0 Å². The van der Waals surface area contributed by atoms with Gasteiger partial charge >= 0.3 is 0 Å². The number of thiophene rings is 1. The van der Waals surface area contributed by atoms with Gasteiger partial charge in [-0.1, -0.05) is 29.0 Å². The highest BCUT2D eigenvalue weighted by molar-refractivity contribution is 7.22. The van der Waals surface area contributed by atoms with Crippen molar-refractivity contribution in [3.05, 3.63) is 45.6 Å². The van der Waals surface area contributed by atoms with E-state index in [0.717, 1.165) is 21.6 Å². The van der Waals surface area contributed by atoms with E-state index in [1.807, 2.05) is 49.8 Å². The number of hydrogen-bond acceptors (Lipinski definition) is 5. The van der Waals surface area contributed by atoms with Gasteiger partial charge < -0.3 is 4.90 Å². The monoisotopic (exact) mass is 365 g/mol. The standard InChI is InChI=1S/C16H16ClN3OS2/c1-19(2)7-8-20(15(21)13-4-3-9-22-13)16-18-12-6-5-11(17)10-14(12)23-16/h3-6,9-10H,7-8H2,1-2H3. The first-order valence-electron chi connectivity index (χ1n) is 7.11. The number of halogens is 1. The molecule has 0 saturated carbocycles. The van der Waals surface area contributed by atoms with Gasteiger partial charge in [0, 0.05) is 18.1 Å². The quantitative estimate of drug-likeness (QED) is 0.679. The number of hydrogen-bond donors (Lipinski definition) is 0. The lowest BCUT2D eigenvalue weighted by Crippen LogP contribution is -2.36. The molecule has 1 amide bonds. The molecule has 0 N–H and O–H groups in total. The highest BCUT2D eigenvalue weighted by Crippen LogP contribution is 2.31. The van der Waals surface area contributed by atoms with Crippen LogP contribution in [0.1, 0.15) is 9.67 Å². The first-order valence-corrected chi connectivity index (χ1v) is 9.18. The van der Waals surface area contributed by atoms with Crippen LogP contribution in [-0.2, 0) is 0 Å². The van der Waals surface area contributed by atoms with Gasteiger partial charge in [-0.15, -0.1) is 11.3 Å². The number of carbonyl (C=O) groups excluding carboxylic acids is 1. The summed E-state index contributed by atoms with van der Waals surface area (Å²) in [6.45, 7) is 1.37. The van der Waals surface area contributed by atoms with Gasteiger partial charge in [0.25, 0.3) is 5.91 Å². The Kier molecular flexibility index (Phi) is 4.96. The van der Waals surface area contributed by atoms with Crippen molar-refractivity contribution in [1.82, 2.24) is 9.88 Å². The third-order valence-corrected chi connectivity index (χ3v) is 5.45. The van der Waals surface area contributed by atoms with Crippen LogP contribution in [0.4, 0.5) is 5.13 Å². The topological polar surface area (TPSA) is 36.4 Å². The fraction of sp³-hybridized carbons (Fsp3) is 0.250. The SMILES string of the molecule is CN(C)CCN(C(=O)c1cccs1)c1nc2ccc(Cl)cc2s1. The molecule has 0 atom stereocenters. The van der Waals surface area contributed by atoms with Gasteiger partial charge in [0.15, 0.2) is 5.13 Å². The van der Waals surface area contributed by atoms with E-state index in [2.05, 4.69) is 9.88 Å². The van der Waals surface area contributed by atoms with Crippen LogP contribution in [0.15, 0.2) is 35.7 Å². The molecule has 0 saturated heterocycles. The van der Waals surface area contributed by atoms with E-state index in [1.54, 1.807) is 4.90 Å². The predicted octanol–water partition coefficient (Wildman–Crippen LogP) is 4.22. The molecule has 3 rings (SSSR count). The molecule has 23 heavy (non-hydrogen) atoms. The number of anilines is 1. The van der Waals surface area contributed by atoms with Gasteiger partial charge in [-0.25, -0.2) is 4.98 Å². The highest BCUT2D eigenvalue weighted by Gasteiger charge is 2.22. The van der Waals surface area contributed by atoms with Crippen molar-refractivity contribution in [3.63, 3.8) is 0 Å². The maximum absolute atomic E-state index is 12.8. The lowest BCUT2D eigenvalue weighted by Gasteiger charge is -2.21.